The summed E-state index contributed by atoms with van der Waals surface area (Å²) in [7, 11) is 0. The van der Waals surface area contributed by atoms with Gasteiger partial charge in [0, 0.05) is 5.69 Å². The van der Waals surface area contributed by atoms with E-state index >= 15 is 0 Å². The first-order valence-corrected chi connectivity index (χ1v) is 5.28. The Labute approximate surface area is 90.4 Å². The third-order valence-electron chi connectivity index (χ3n) is 2.90. The molecule has 1 unspecified atom stereocenters. The SMILES string of the molecule is CC(C)=CC1(O)CCc2cc(N)ccc21. The molecule has 1 atom stereocenters. The van der Waals surface area contributed by atoms with E-state index in [0.29, 0.717) is 0 Å². The Hall–Kier alpha value is -1.28. The number of aryl methyl sites for hydroxylation is 1. The zero-order valence-corrected chi connectivity index (χ0v) is 9.25. The summed E-state index contributed by atoms with van der Waals surface area (Å²) in [6.45, 7) is 4.01. The molecule has 0 amide bonds. The van der Waals surface area contributed by atoms with Crippen LogP contribution in [0.3, 0.4) is 0 Å². The van der Waals surface area contributed by atoms with Crippen molar-refractivity contribution >= 4 is 5.69 Å². The van der Waals surface area contributed by atoms with E-state index in [2.05, 4.69) is 0 Å². The highest BCUT2D eigenvalue weighted by atomic mass is 16.3. The highest BCUT2D eigenvalue weighted by Gasteiger charge is 2.34. The van der Waals surface area contributed by atoms with Crippen molar-refractivity contribution in [1.29, 1.82) is 0 Å². The Morgan fingerprint density at radius 3 is 2.87 bits per heavy atom. The van der Waals surface area contributed by atoms with Gasteiger partial charge in [-0.25, -0.2) is 0 Å². The van der Waals surface area contributed by atoms with Crippen molar-refractivity contribution in [2.45, 2.75) is 32.3 Å². The van der Waals surface area contributed by atoms with Crippen molar-refractivity contribution in [2.75, 3.05) is 5.73 Å². The predicted molar refractivity (Wildman–Crippen MR) is 62.5 cm³/mol. The minimum absolute atomic E-state index is 0.761. The molecule has 0 radical (unpaired) electrons. The van der Waals surface area contributed by atoms with E-state index in [1.165, 1.54) is 5.56 Å². The number of benzene rings is 1. The summed E-state index contributed by atoms with van der Waals surface area (Å²) in [6, 6.07) is 5.76. The first-order valence-electron chi connectivity index (χ1n) is 5.28. The zero-order valence-electron chi connectivity index (χ0n) is 9.25. The van der Waals surface area contributed by atoms with Gasteiger partial charge in [0.1, 0.15) is 5.60 Å². The Balaban J connectivity index is 2.48. The lowest BCUT2D eigenvalue weighted by molar-refractivity contribution is 0.0908. The Kier molecular flexibility index (Phi) is 2.31. The molecule has 2 nitrogen and oxygen atoms in total. The molecule has 1 aromatic rings. The zero-order chi connectivity index (χ0) is 11.1. The molecule has 1 aromatic carbocycles. The fraction of sp³-hybridized carbons (Fsp3) is 0.385. The fourth-order valence-corrected chi connectivity index (χ4v) is 2.33. The van der Waals surface area contributed by atoms with E-state index in [0.717, 1.165) is 29.7 Å². The fourth-order valence-electron chi connectivity index (χ4n) is 2.33. The summed E-state index contributed by atoms with van der Waals surface area (Å²) in [5, 5.41) is 10.5. The average Bonchev–Trinajstić information content (AvgIpc) is 2.42. The smallest absolute Gasteiger partial charge is 0.109 e. The van der Waals surface area contributed by atoms with E-state index < -0.39 is 5.60 Å². The maximum absolute atomic E-state index is 10.5. The van der Waals surface area contributed by atoms with Crippen molar-refractivity contribution in [3.8, 4) is 0 Å². The van der Waals surface area contributed by atoms with Crippen molar-refractivity contribution < 1.29 is 5.11 Å². The molecule has 0 aromatic heterocycles. The lowest BCUT2D eigenvalue weighted by Gasteiger charge is -2.20. The highest BCUT2D eigenvalue weighted by molar-refractivity contribution is 5.50. The van der Waals surface area contributed by atoms with Gasteiger partial charge in [0.05, 0.1) is 0 Å². The van der Waals surface area contributed by atoms with Crippen LogP contribution in [0.1, 0.15) is 31.4 Å². The largest absolute Gasteiger partial charge is 0.399 e. The molecule has 15 heavy (non-hydrogen) atoms. The maximum Gasteiger partial charge on any atom is 0.109 e. The summed E-state index contributed by atoms with van der Waals surface area (Å²) in [6.07, 6.45) is 3.60. The molecule has 0 heterocycles. The van der Waals surface area contributed by atoms with Crippen molar-refractivity contribution in [3.05, 3.63) is 41.0 Å². The van der Waals surface area contributed by atoms with Gasteiger partial charge in [0.2, 0.25) is 0 Å². The summed E-state index contributed by atoms with van der Waals surface area (Å²) in [5.41, 5.74) is 9.05. The van der Waals surface area contributed by atoms with Crippen LogP contribution in [0, 0.1) is 0 Å². The molecule has 1 aliphatic rings. The lowest BCUT2D eigenvalue weighted by Crippen LogP contribution is -2.19. The monoisotopic (exact) mass is 203 g/mol. The maximum atomic E-state index is 10.5. The topological polar surface area (TPSA) is 46.2 Å². The molecule has 1 aliphatic carbocycles. The van der Waals surface area contributed by atoms with Crippen LogP contribution in [0.15, 0.2) is 29.8 Å². The number of aliphatic hydroxyl groups is 1. The summed E-state index contributed by atoms with van der Waals surface area (Å²) in [4.78, 5) is 0. The van der Waals surface area contributed by atoms with Gasteiger partial charge in [-0.3, -0.25) is 0 Å². The minimum Gasteiger partial charge on any atom is -0.399 e. The van der Waals surface area contributed by atoms with Crippen LogP contribution in [0.4, 0.5) is 5.69 Å². The molecule has 0 saturated heterocycles. The van der Waals surface area contributed by atoms with Crippen LogP contribution in [0.5, 0.6) is 0 Å². The molecule has 2 heteroatoms. The Bertz CT molecular complexity index is 419. The predicted octanol–water partition coefficient (Wildman–Crippen LogP) is 2.37. The van der Waals surface area contributed by atoms with E-state index in [9.17, 15) is 5.11 Å². The number of hydrogen-bond donors (Lipinski definition) is 2. The normalized spacial score (nSPS) is 23.7. The third-order valence-corrected chi connectivity index (χ3v) is 2.90. The quantitative estimate of drug-likeness (QED) is 0.543. The third kappa shape index (κ3) is 1.77. The van der Waals surface area contributed by atoms with Gasteiger partial charge in [-0.1, -0.05) is 11.6 Å². The van der Waals surface area contributed by atoms with E-state index in [1.807, 2.05) is 38.1 Å². The number of nitrogens with two attached hydrogens (primary N) is 1. The molecular weight excluding hydrogens is 186 g/mol. The van der Waals surface area contributed by atoms with Gasteiger partial charge in [-0.2, -0.15) is 0 Å². The van der Waals surface area contributed by atoms with Crippen LogP contribution >= 0.6 is 0 Å². The summed E-state index contributed by atoms with van der Waals surface area (Å²) < 4.78 is 0. The molecule has 0 spiro atoms. The molecule has 0 saturated carbocycles. The molecule has 0 fully saturated rings. The second-order valence-electron chi connectivity index (χ2n) is 4.56. The van der Waals surface area contributed by atoms with Gasteiger partial charge in [-0.15, -0.1) is 0 Å². The Morgan fingerprint density at radius 1 is 1.47 bits per heavy atom. The van der Waals surface area contributed by atoms with E-state index in [-0.39, 0.29) is 0 Å². The Morgan fingerprint density at radius 2 is 2.20 bits per heavy atom. The van der Waals surface area contributed by atoms with Crippen molar-refractivity contribution in [2.24, 2.45) is 0 Å². The molecule has 0 bridgehead atoms. The first kappa shape index (κ1) is 10.2. The van der Waals surface area contributed by atoms with Gasteiger partial charge in [0.25, 0.3) is 0 Å². The van der Waals surface area contributed by atoms with Gasteiger partial charge < -0.3 is 10.8 Å². The number of fused-ring (bicyclic) bond motifs is 1. The van der Waals surface area contributed by atoms with Crippen LogP contribution in [-0.2, 0) is 12.0 Å². The van der Waals surface area contributed by atoms with Gasteiger partial charge in [0.15, 0.2) is 0 Å². The molecule has 3 N–H and O–H groups in total. The van der Waals surface area contributed by atoms with Gasteiger partial charge in [-0.05, 0) is 56.0 Å². The van der Waals surface area contributed by atoms with Crippen LogP contribution < -0.4 is 5.73 Å². The highest BCUT2D eigenvalue weighted by Crippen LogP contribution is 2.39. The van der Waals surface area contributed by atoms with Crippen LogP contribution in [0.25, 0.3) is 0 Å². The van der Waals surface area contributed by atoms with E-state index in [4.69, 9.17) is 5.73 Å². The second-order valence-corrected chi connectivity index (χ2v) is 4.56. The average molecular weight is 203 g/mol. The van der Waals surface area contributed by atoms with Gasteiger partial charge >= 0.3 is 0 Å². The van der Waals surface area contributed by atoms with E-state index in [1.54, 1.807) is 0 Å². The molecule has 2 rings (SSSR count). The summed E-state index contributed by atoms with van der Waals surface area (Å²) in [5.74, 6) is 0. The number of nitrogen functional groups attached to an aromatic ring is 1. The molecule has 0 aliphatic heterocycles. The second kappa shape index (κ2) is 3.38. The van der Waals surface area contributed by atoms with Crippen LogP contribution in [0.2, 0.25) is 0 Å². The first-order chi connectivity index (χ1) is 7.01. The molecular formula is C13H17NO. The number of anilines is 1. The van der Waals surface area contributed by atoms with Crippen molar-refractivity contribution in [1.82, 2.24) is 0 Å². The summed E-state index contributed by atoms with van der Waals surface area (Å²) >= 11 is 0. The number of rotatable bonds is 1. The lowest BCUT2D eigenvalue weighted by atomic mass is 9.94. The number of hydrogen-bond acceptors (Lipinski definition) is 2. The van der Waals surface area contributed by atoms with Crippen molar-refractivity contribution in [3.63, 3.8) is 0 Å². The minimum atomic E-state index is -0.776. The van der Waals surface area contributed by atoms with Crippen LogP contribution in [-0.4, -0.2) is 5.11 Å². The standard InChI is InChI=1S/C13H17NO/c1-9(2)8-13(15)6-5-10-7-11(14)3-4-12(10)13/h3-4,7-8,15H,5-6,14H2,1-2H3. The number of allylic oxidation sites excluding steroid dienone is 1. The molecule has 80 valence electrons.